The van der Waals surface area contributed by atoms with Gasteiger partial charge in [-0.3, -0.25) is 9.59 Å². The molecule has 2 amide bonds. The van der Waals surface area contributed by atoms with E-state index in [0.717, 1.165) is 31.4 Å². The van der Waals surface area contributed by atoms with Crippen molar-refractivity contribution in [1.82, 2.24) is 10.6 Å². The maximum atomic E-state index is 12.2. The predicted octanol–water partition coefficient (Wildman–Crippen LogP) is 2.61. The number of hydrogen-bond donors (Lipinski definition) is 2. The lowest BCUT2D eigenvalue weighted by atomic mass is 10.0. The van der Waals surface area contributed by atoms with Gasteiger partial charge in [0.05, 0.1) is 25.2 Å². The first-order chi connectivity index (χ1) is 12.5. The van der Waals surface area contributed by atoms with Gasteiger partial charge in [0.25, 0.3) is 0 Å². The van der Waals surface area contributed by atoms with E-state index in [1.165, 1.54) is 6.92 Å². The minimum Gasteiger partial charge on any atom is -0.379 e. The van der Waals surface area contributed by atoms with Crippen LogP contribution in [-0.4, -0.2) is 44.3 Å². The van der Waals surface area contributed by atoms with Crippen molar-refractivity contribution in [2.45, 2.75) is 44.8 Å². The monoisotopic (exact) mass is 382 g/mol. The van der Waals surface area contributed by atoms with Gasteiger partial charge in [0.15, 0.2) is 0 Å². The van der Waals surface area contributed by atoms with Crippen LogP contribution in [0.3, 0.4) is 0 Å². The Hall–Kier alpha value is -1.63. The minimum atomic E-state index is -0.375. The normalized spacial score (nSPS) is 17.7. The van der Waals surface area contributed by atoms with Crippen LogP contribution in [0.25, 0.3) is 0 Å². The molecule has 1 aliphatic rings. The maximum Gasteiger partial charge on any atom is 0.222 e. The molecule has 1 saturated heterocycles. The molecule has 6 nitrogen and oxygen atoms in total. The maximum absolute atomic E-state index is 12.2. The lowest BCUT2D eigenvalue weighted by molar-refractivity contribution is -0.122. The van der Waals surface area contributed by atoms with Gasteiger partial charge in [0.1, 0.15) is 0 Å². The molecule has 0 spiro atoms. The highest BCUT2D eigenvalue weighted by molar-refractivity contribution is 6.30. The van der Waals surface area contributed by atoms with E-state index in [1.54, 1.807) is 12.1 Å². The number of hydrogen-bond acceptors (Lipinski definition) is 4. The summed E-state index contributed by atoms with van der Waals surface area (Å²) in [6.07, 6.45) is 3.31. The molecule has 1 aliphatic heterocycles. The summed E-state index contributed by atoms with van der Waals surface area (Å²) >= 11 is 5.89. The molecule has 0 aromatic heterocycles. The van der Waals surface area contributed by atoms with E-state index in [1.807, 2.05) is 12.1 Å². The molecule has 0 saturated carbocycles. The molecule has 26 heavy (non-hydrogen) atoms. The first-order valence-corrected chi connectivity index (χ1v) is 9.41. The molecule has 1 heterocycles. The lowest BCUT2D eigenvalue weighted by Crippen LogP contribution is -2.33. The average Bonchev–Trinajstić information content (AvgIpc) is 3.11. The Kier molecular flexibility index (Phi) is 8.88. The molecule has 1 fully saturated rings. The summed E-state index contributed by atoms with van der Waals surface area (Å²) in [5.74, 6) is -0.293. The van der Waals surface area contributed by atoms with E-state index in [0.29, 0.717) is 24.8 Å². The number of benzene rings is 1. The highest BCUT2D eigenvalue weighted by Crippen LogP contribution is 2.19. The fourth-order valence-corrected chi connectivity index (χ4v) is 2.97. The number of carbonyl (C=O) groups excluding carboxylic acids is 2. The number of nitrogens with one attached hydrogen (secondary N) is 2. The van der Waals surface area contributed by atoms with Crippen LogP contribution in [0.2, 0.25) is 5.02 Å². The average molecular weight is 383 g/mol. The molecule has 2 rings (SSSR count). The topological polar surface area (TPSA) is 76.7 Å². The third-order valence-corrected chi connectivity index (χ3v) is 4.41. The minimum absolute atomic E-state index is 0.113. The van der Waals surface area contributed by atoms with Crippen molar-refractivity contribution in [3.8, 4) is 0 Å². The number of carbonyl (C=O) groups is 2. The summed E-state index contributed by atoms with van der Waals surface area (Å²) in [6.45, 7) is 4.01. The molecule has 0 bridgehead atoms. The van der Waals surface area contributed by atoms with Gasteiger partial charge in [-0.2, -0.15) is 0 Å². The van der Waals surface area contributed by atoms with E-state index in [-0.39, 0.29) is 30.4 Å². The fourth-order valence-electron chi connectivity index (χ4n) is 2.84. The number of ether oxygens (including phenoxy) is 2. The van der Waals surface area contributed by atoms with Crippen LogP contribution in [0.4, 0.5) is 0 Å². The van der Waals surface area contributed by atoms with Crippen LogP contribution in [0.1, 0.15) is 44.2 Å². The van der Waals surface area contributed by atoms with E-state index >= 15 is 0 Å². The van der Waals surface area contributed by atoms with Gasteiger partial charge in [0.2, 0.25) is 11.8 Å². The predicted molar refractivity (Wildman–Crippen MR) is 100 cm³/mol. The Morgan fingerprint density at radius 3 is 2.77 bits per heavy atom. The number of amides is 2. The molecule has 1 aromatic carbocycles. The van der Waals surface area contributed by atoms with Gasteiger partial charge >= 0.3 is 0 Å². The van der Waals surface area contributed by atoms with Gasteiger partial charge in [-0.05, 0) is 37.0 Å². The van der Waals surface area contributed by atoms with Crippen molar-refractivity contribution in [2.24, 2.45) is 0 Å². The molecule has 2 atom stereocenters. The van der Waals surface area contributed by atoms with Gasteiger partial charge in [-0.25, -0.2) is 0 Å². The van der Waals surface area contributed by atoms with Gasteiger partial charge < -0.3 is 20.1 Å². The summed E-state index contributed by atoms with van der Waals surface area (Å²) in [5, 5.41) is 6.29. The summed E-state index contributed by atoms with van der Waals surface area (Å²) < 4.78 is 11.1. The molecular weight excluding hydrogens is 356 g/mol. The molecule has 1 aromatic rings. The van der Waals surface area contributed by atoms with Crippen LogP contribution in [0, 0.1) is 0 Å². The third kappa shape index (κ3) is 7.72. The molecular formula is C19H27ClN2O4. The van der Waals surface area contributed by atoms with Gasteiger partial charge in [0, 0.05) is 31.7 Å². The molecule has 0 aliphatic carbocycles. The summed E-state index contributed by atoms with van der Waals surface area (Å²) in [7, 11) is 0. The van der Waals surface area contributed by atoms with Gasteiger partial charge in [-0.1, -0.05) is 23.7 Å². The van der Waals surface area contributed by atoms with Crippen molar-refractivity contribution >= 4 is 23.4 Å². The molecule has 0 radical (unpaired) electrons. The standard InChI is InChI=1S/C19H27ClN2O4/c1-14(23)22-18(15-5-7-16(20)8-6-15)12-19(24)21-9-3-10-25-13-17-4-2-11-26-17/h5-8,17-18H,2-4,9-13H2,1H3,(H,21,24)(H,22,23). The first-order valence-electron chi connectivity index (χ1n) is 9.03. The Labute approximate surface area is 159 Å². The zero-order valence-corrected chi connectivity index (χ0v) is 15.9. The Bertz CT molecular complexity index is 573. The Morgan fingerprint density at radius 1 is 1.35 bits per heavy atom. The van der Waals surface area contributed by atoms with E-state index in [9.17, 15) is 9.59 Å². The quantitative estimate of drug-likeness (QED) is 0.610. The Morgan fingerprint density at radius 2 is 2.12 bits per heavy atom. The lowest BCUT2D eigenvalue weighted by Gasteiger charge is -2.18. The van der Waals surface area contributed by atoms with Crippen LogP contribution >= 0.6 is 11.6 Å². The smallest absolute Gasteiger partial charge is 0.222 e. The fraction of sp³-hybridized carbons (Fsp3) is 0.579. The van der Waals surface area contributed by atoms with Crippen molar-refractivity contribution in [3.05, 3.63) is 34.9 Å². The van der Waals surface area contributed by atoms with Crippen LogP contribution in [0.15, 0.2) is 24.3 Å². The highest BCUT2D eigenvalue weighted by atomic mass is 35.5. The Balaban J connectivity index is 1.67. The van der Waals surface area contributed by atoms with E-state index < -0.39 is 0 Å². The second-order valence-corrected chi connectivity index (χ2v) is 6.86. The zero-order valence-electron chi connectivity index (χ0n) is 15.1. The SMILES string of the molecule is CC(=O)NC(CC(=O)NCCCOCC1CCCO1)c1ccc(Cl)cc1. The summed E-state index contributed by atoms with van der Waals surface area (Å²) in [6, 6.07) is 6.74. The third-order valence-electron chi connectivity index (χ3n) is 4.15. The summed E-state index contributed by atoms with van der Waals surface area (Å²) in [4.78, 5) is 23.6. The largest absolute Gasteiger partial charge is 0.379 e. The van der Waals surface area contributed by atoms with Crippen LogP contribution in [0.5, 0.6) is 0 Å². The van der Waals surface area contributed by atoms with Crippen LogP contribution < -0.4 is 10.6 Å². The van der Waals surface area contributed by atoms with E-state index in [2.05, 4.69) is 10.6 Å². The number of rotatable bonds is 10. The van der Waals surface area contributed by atoms with E-state index in [4.69, 9.17) is 21.1 Å². The molecule has 2 N–H and O–H groups in total. The number of halogens is 1. The van der Waals surface area contributed by atoms with Crippen LogP contribution in [-0.2, 0) is 19.1 Å². The van der Waals surface area contributed by atoms with Crippen molar-refractivity contribution in [2.75, 3.05) is 26.4 Å². The second-order valence-electron chi connectivity index (χ2n) is 6.42. The van der Waals surface area contributed by atoms with Gasteiger partial charge in [-0.15, -0.1) is 0 Å². The second kappa shape index (κ2) is 11.2. The zero-order chi connectivity index (χ0) is 18.8. The first kappa shape index (κ1) is 20.7. The molecule has 7 heteroatoms. The summed E-state index contributed by atoms with van der Waals surface area (Å²) in [5.41, 5.74) is 0.847. The molecule has 144 valence electrons. The highest BCUT2D eigenvalue weighted by Gasteiger charge is 2.17. The van der Waals surface area contributed by atoms with Crippen molar-refractivity contribution in [1.29, 1.82) is 0 Å². The van der Waals surface area contributed by atoms with Crippen molar-refractivity contribution in [3.63, 3.8) is 0 Å². The van der Waals surface area contributed by atoms with Crippen molar-refractivity contribution < 1.29 is 19.1 Å². The molecule has 2 unspecified atom stereocenters.